The van der Waals surface area contributed by atoms with Gasteiger partial charge in [0.05, 0.1) is 5.54 Å². The molecule has 0 bridgehead atoms. The Labute approximate surface area is 109 Å². The Hall–Kier alpha value is -1.35. The van der Waals surface area contributed by atoms with Crippen LogP contribution in [-0.2, 0) is 4.79 Å². The van der Waals surface area contributed by atoms with Crippen LogP contribution in [-0.4, -0.2) is 11.4 Å². The first-order chi connectivity index (χ1) is 8.41. The van der Waals surface area contributed by atoms with Gasteiger partial charge in [-0.15, -0.1) is 0 Å². The fraction of sp³-hybridized carbons (Fsp3) is 0.533. The van der Waals surface area contributed by atoms with Gasteiger partial charge >= 0.3 is 0 Å². The average Bonchev–Trinajstić information content (AvgIpc) is 3.13. The van der Waals surface area contributed by atoms with Crippen LogP contribution in [0.3, 0.4) is 0 Å². The van der Waals surface area contributed by atoms with Crippen molar-refractivity contribution in [1.82, 2.24) is 0 Å². The Kier molecular flexibility index (Phi) is 3.44. The number of carbonyl (C=O) groups is 1. The molecule has 1 fully saturated rings. The molecule has 1 aromatic carbocycles. The van der Waals surface area contributed by atoms with Crippen molar-refractivity contribution in [3.8, 4) is 0 Å². The Morgan fingerprint density at radius 1 is 1.44 bits per heavy atom. The molecule has 0 spiro atoms. The predicted octanol–water partition coefficient (Wildman–Crippen LogP) is 2.88. The number of nitrogens with one attached hydrogen (secondary N) is 1. The van der Waals surface area contributed by atoms with Gasteiger partial charge < -0.3 is 11.1 Å². The zero-order valence-corrected chi connectivity index (χ0v) is 11.4. The molecule has 0 radical (unpaired) electrons. The summed E-state index contributed by atoms with van der Waals surface area (Å²) in [6, 6.07) is 7.97. The molecule has 0 heterocycles. The molecule has 0 aliphatic heterocycles. The van der Waals surface area contributed by atoms with Crippen molar-refractivity contribution >= 4 is 11.6 Å². The maximum absolute atomic E-state index is 12.2. The third kappa shape index (κ3) is 2.72. The summed E-state index contributed by atoms with van der Waals surface area (Å²) < 4.78 is 0. The van der Waals surface area contributed by atoms with Gasteiger partial charge in [-0.2, -0.15) is 0 Å². The molecule has 1 aliphatic rings. The summed E-state index contributed by atoms with van der Waals surface area (Å²) in [5.41, 5.74) is 7.41. The van der Waals surface area contributed by atoms with Gasteiger partial charge in [-0.1, -0.05) is 26.0 Å². The quantitative estimate of drug-likeness (QED) is 0.858. The van der Waals surface area contributed by atoms with Crippen molar-refractivity contribution in [2.45, 2.75) is 45.1 Å². The summed E-state index contributed by atoms with van der Waals surface area (Å²) in [6.07, 6.45) is 2.12. The molecule has 1 atom stereocenters. The van der Waals surface area contributed by atoms with E-state index in [2.05, 4.69) is 25.2 Å². The Morgan fingerprint density at radius 3 is 2.67 bits per heavy atom. The van der Waals surface area contributed by atoms with Gasteiger partial charge in [0.1, 0.15) is 0 Å². The minimum atomic E-state index is -0.742. The summed E-state index contributed by atoms with van der Waals surface area (Å²) in [7, 11) is 0. The van der Waals surface area contributed by atoms with Crippen LogP contribution >= 0.6 is 0 Å². The van der Waals surface area contributed by atoms with Crippen molar-refractivity contribution in [2.24, 2.45) is 11.7 Å². The number of hydrogen-bond donors (Lipinski definition) is 2. The number of amides is 1. The number of nitrogens with two attached hydrogens (primary N) is 1. The summed E-state index contributed by atoms with van der Waals surface area (Å²) >= 11 is 0. The van der Waals surface area contributed by atoms with Crippen LogP contribution in [0.15, 0.2) is 24.3 Å². The number of rotatable bonds is 4. The van der Waals surface area contributed by atoms with E-state index in [1.807, 2.05) is 25.1 Å². The first-order valence-corrected chi connectivity index (χ1v) is 6.61. The first-order valence-electron chi connectivity index (χ1n) is 6.61. The SMILES string of the molecule is CC(C)c1cccc(NC(=O)C(C)(N)C2CC2)c1. The van der Waals surface area contributed by atoms with Crippen LogP contribution < -0.4 is 11.1 Å². The molecular formula is C15H22N2O. The molecule has 0 aromatic heterocycles. The third-order valence-electron chi connectivity index (χ3n) is 3.73. The van der Waals surface area contributed by atoms with Crippen molar-refractivity contribution in [2.75, 3.05) is 5.32 Å². The van der Waals surface area contributed by atoms with Crippen LogP contribution in [0, 0.1) is 5.92 Å². The highest BCUT2D eigenvalue weighted by Crippen LogP contribution is 2.38. The van der Waals surface area contributed by atoms with Gasteiger partial charge in [0.25, 0.3) is 0 Å². The molecular weight excluding hydrogens is 224 g/mol. The molecule has 3 heteroatoms. The summed E-state index contributed by atoms with van der Waals surface area (Å²) in [4.78, 5) is 12.2. The Bertz CT molecular complexity index is 448. The lowest BCUT2D eigenvalue weighted by Crippen LogP contribution is -2.50. The van der Waals surface area contributed by atoms with Gasteiger partial charge in [0, 0.05) is 5.69 Å². The highest BCUT2D eigenvalue weighted by atomic mass is 16.2. The van der Waals surface area contributed by atoms with Crippen molar-refractivity contribution in [3.05, 3.63) is 29.8 Å². The Balaban J connectivity index is 2.09. The molecule has 3 N–H and O–H groups in total. The lowest BCUT2D eigenvalue weighted by atomic mass is 9.96. The molecule has 1 aliphatic carbocycles. The fourth-order valence-corrected chi connectivity index (χ4v) is 2.11. The van der Waals surface area contributed by atoms with Crippen LogP contribution in [0.2, 0.25) is 0 Å². The zero-order valence-electron chi connectivity index (χ0n) is 11.4. The lowest BCUT2D eigenvalue weighted by Gasteiger charge is -2.23. The Morgan fingerprint density at radius 2 is 2.11 bits per heavy atom. The predicted molar refractivity (Wildman–Crippen MR) is 74.5 cm³/mol. The zero-order chi connectivity index (χ0) is 13.3. The molecule has 1 unspecified atom stereocenters. The van der Waals surface area contributed by atoms with E-state index in [9.17, 15) is 4.79 Å². The van der Waals surface area contributed by atoms with E-state index in [0.717, 1.165) is 18.5 Å². The number of carbonyl (C=O) groups excluding carboxylic acids is 1. The first kappa shape index (κ1) is 13.1. The molecule has 2 rings (SSSR count). The minimum Gasteiger partial charge on any atom is -0.324 e. The molecule has 0 saturated heterocycles. The molecule has 3 nitrogen and oxygen atoms in total. The molecule has 1 aromatic rings. The van der Waals surface area contributed by atoms with Gasteiger partial charge in [0.15, 0.2) is 0 Å². The summed E-state index contributed by atoms with van der Waals surface area (Å²) in [6.45, 7) is 6.10. The topological polar surface area (TPSA) is 55.1 Å². The number of benzene rings is 1. The van der Waals surface area contributed by atoms with Crippen molar-refractivity contribution < 1.29 is 4.79 Å². The second-order valence-corrected chi connectivity index (χ2v) is 5.79. The van der Waals surface area contributed by atoms with E-state index in [1.165, 1.54) is 5.56 Å². The number of hydrogen-bond acceptors (Lipinski definition) is 2. The molecule has 98 valence electrons. The van der Waals surface area contributed by atoms with Crippen molar-refractivity contribution in [1.29, 1.82) is 0 Å². The monoisotopic (exact) mass is 246 g/mol. The average molecular weight is 246 g/mol. The fourth-order valence-electron chi connectivity index (χ4n) is 2.11. The van der Waals surface area contributed by atoms with E-state index in [0.29, 0.717) is 11.8 Å². The molecule has 1 amide bonds. The smallest absolute Gasteiger partial charge is 0.244 e. The van der Waals surface area contributed by atoms with E-state index in [1.54, 1.807) is 0 Å². The highest BCUT2D eigenvalue weighted by Gasteiger charge is 2.44. The third-order valence-corrected chi connectivity index (χ3v) is 3.73. The minimum absolute atomic E-state index is 0.0779. The van der Waals surface area contributed by atoms with Crippen LogP contribution in [0.25, 0.3) is 0 Å². The molecule has 1 saturated carbocycles. The normalized spacial score (nSPS) is 18.5. The largest absolute Gasteiger partial charge is 0.324 e. The maximum Gasteiger partial charge on any atom is 0.244 e. The van der Waals surface area contributed by atoms with Crippen LogP contribution in [0.5, 0.6) is 0 Å². The van der Waals surface area contributed by atoms with Gasteiger partial charge in [-0.3, -0.25) is 4.79 Å². The van der Waals surface area contributed by atoms with E-state index < -0.39 is 5.54 Å². The second kappa shape index (κ2) is 4.73. The van der Waals surface area contributed by atoms with E-state index in [-0.39, 0.29) is 5.91 Å². The molecule has 18 heavy (non-hydrogen) atoms. The second-order valence-electron chi connectivity index (χ2n) is 5.79. The van der Waals surface area contributed by atoms with Crippen LogP contribution in [0.1, 0.15) is 45.1 Å². The van der Waals surface area contributed by atoms with Gasteiger partial charge in [0.2, 0.25) is 5.91 Å². The van der Waals surface area contributed by atoms with Gasteiger partial charge in [-0.05, 0) is 49.3 Å². The summed E-state index contributed by atoms with van der Waals surface area (Å²) in [5, 5.41) is 2.93. The lowest BCUT2D eigenvalue weighted by molar-refractivity contribution is -0.121. The van der Waals surface area contributed by atoms with E-state index >= 15 is 0 Å². The van der Waals surface area contributed by atoms with Gasteiger partial charge in [-0.25, -0.2) is 0 Å². The number of anilines is 1. The highest BCUT2D eigenvalue weighted by molar-refractivity contribution is 5.98. The van der Waals surface area contributed by atoms with Crippen molar-refractivity contribution in [3.63, 3.8) is 0 Å². The van der Waals surface area contributed by atoms with E-state index in [4.69, 9.17) is 5.73 Å². The maximum atomic E-state index is 12.2. The standard InChI is InChI=1S/C15H22N2O/c1-10(2)11-5-4-6-13(9-11)17-14(18)15(3,16)12-7-8-12/h4-6,9-10,12H,7-8,16H2,1-3H3,(H,17,18). The summed E-state index contributed by atoms with van der Waals surface area (Å²) in [5.74, 6) is 0.714. The van der Waals surface area contributed by atoms with Crippen LogP contribution in [0.4, 0.5) is 5.69 Å².